The Labute approximate surface area is 115 Å². The van der Waals surface area contributed by atoms with Crippen LogP contribution in [0.1, 0.15) is 5.56 Å². The molecule has 0 spiro atoms. The minimum Gasteiger partial charge on any atom is -0.463 e. The van der Waals surface area contributed by atoms with Gasteiger partial charge in [0.1, 0.15) is 6.61 Å². The summed E-state index contributed by atoms with van der Waals surface area (Å²) in [6, 6.07) is 19.0. The van der Waals surface area contributed by atoms with Crippen LogP contribution in [0.15, 0.2) is 54.6 Å². The van der Waals surface area contributed by atoms with Gasteiger partial charge in [-0.05, 0) is 37.9 Å². The van der Waals surface area contributed by atoms with Crippen molar-refractivity contribution >= 4 is 38.8 Å². The van der Waals surface area contributed by atoms with Crippen LogP contribution < -0.4 is 0 Å². The van der Waals surface area contributed by atoms with Gasteiger partial charge >= 0.3 is 0 Å². The second-order valence-electron chi connectivity index (χ2n) is 4.99. The molecule has 0 heterocycles. The van der Waals surface area contributed by atoms with Crippen LogP contribution in [0.25, 0.3) is 32.3 Å². The molecule has 96 valence electrons. The predicted octanol–water partition coefficient (Wildman–Crippen LogP) is 4.26. The van der Waals surface area contributed by atoms with Crippen molar-refractivity contribution in [2.45, 2.75) is 6.61 Å². The predicted molar refractivity (Wildman–Crippen MR) is 81.0 cm³/mol. The molecule has 4 rings (SSSR count). The molecule has 20 heavy (non-hydrogen) atoms. The fourth-order valence-electron chi connectivity index (χ4n) is 3.05. The third-order valence-corrected chi connectivity index (χ3v) is 3.93. The standard InChI is InChI=1S/C18H12O2/c19-11-20-10-15-7-6-14-5-4-12-2-1-3-13-8-9-16(15)18(14)17(12)13/h1-9,11H,10H2. The maximum atomic E-state index is 10.4. The molecule has 2 nitrogen and oxygen atoms in total. The second kappa shape index (κ2) is 4.20. The lowest BCUT2D eigenvalue weighted by molar-refractivity contribution is -0.129. The Morgan fingerprint density at radius 1 is 0.800 bits per heavy atom. The largest absolute Gasteiger partial charge is 0.463 e. The highest BCUT2D eigenvalue weighted by Gasteiger charge is 2.10. The Bertz CT molecular complexity index is 909. The Morgan fingerprint density at radius 2 is 1.45 bits per heavy atom. The van der Waals surface area contributed by atoms with Crippen molar-refractivity contribution in [2.24, 2.45) is 0 Å². The number of carbonyl (C=O) groups excluding carboxylic acids is 1. The van der Waals surface area contributed by atoms with E-state index in [-0.39, 0.29) is 0 Å². The molecule has 2 heteroatoms. The summed E-state index contributed by atoms with van der Waals surface area (Å²) in [5.74, 6) is 0. The van der Waals surface area contributed by atoms with Gasteiger partial charge < -0.3 is 4.74 Å². The number of ether oxygens (including phenoxy) is 1. The van der Waals surface area contributed by atoms with Crippen LogP contribution in [0, 0.1) is 0 Å². The molecule has 0 N–H and O–H groups in total. The first-order chi connectivity index (χ1) is 9.88. The molecule has 0 aliphatic carbocycles. The Hall–Kier alpha value is -2.61. The van der Waals surface area contributed by atoms with E-state index >= 15 is 0 Å². The number of hydrogen-bond donors (Lipinski definition) is 0. The van der Waals surface area contributed by atoms with Crippen LogP contribution in [0.4, 0.5) is 0 Å². The Balaban J connectivity index is 2.17. The van der Waals surface area contributed by atoms with Crippen molar-refractivity contribution in [1.29, 1.82) is 0 Å². The maximum absolute atomic E-state index is 10.4. The van der Waals surface area contributed by atoms with Gasteiger partial charge in [-0.3, -0.25) is 4.79 Å². The smallest absolute Gasteiger partial charge is 0.293 e. The van der Waals surface area contributed by atoms with Crippen LogP contribution >= 0.6 is 0 Å². The number of hydrogen-bond acceptors (Lipinski definition) is 2. The van der Waals surface area contributed by atoms with Gasteiger partial charge in [-0.1, -0.05) is 54.6 Å². The molecule has 0 radical (unpaired) electrons. The quantitative estimate of drug-likeness (QED) is 0.406. The van der Waals surface area contributed by atoms with E-state index in [4.69, 9.17) is 4.74 Å². The van der Waals surface area contributed by atoms with E-state index in [2.05, 4.69) is 48.5 Å². The second-order valence-corrected chi connectivity index (χ2v) is 4.99. The molecule has 0 fully saturated rings. The van der Waals surface area contributed by atoms with Crippen LogP contribution in [0.5, 0.6) is 0 Å². The highest BCUT2D eigenvalue weighted by molar-refractivity contribution is 6.23. The molecule has 0 bridgehead atoms. The highest BCUT2D eigenvalue weighted by atomic mass is 16.5. The van der Waals surface area contributed by atoms with E-state index in [0.717, 1.165) is 10.9 Å². The molecule has 0 amide bonds. The molecule has 0 unspecified atom stereocenters. The first-order valence-corrected chi connectivity index (χ1v) is 6.59. The van der Waals surface area contributed by atoms with E-state index in [9.17, 15) is 4.79 Å². The van der Waals surface area contributed by atoms with E-state index < -0.39 is 0 Å². The average Bonchev–Trinajstić information content (AvgIpc) is 2.51. The maximum Gasteiger partial charge on any atom is 0.293 e. The molecular formula is C18H12O2. The minimum absolute atomic E-state index is 0.317. The zero-order valence-electron chi connectivity index (χ0n) is 10.8. The lowest BCUT2D eigenvalue weighted by Crippen LogP contribution is -1.93. The third kappa shape index (κ3) is 1.48. The van der Waals surface area contributed by atoms with Crippen LogP contribution in [0.3, 0.4) is 0 Å². The number of rotatable bonds is 3. The molecule has 0 saturated heterocycles. The summed E-state index contributed by atoms with van der Waals surface area (Å²) in [7, 11) is 0. The van der Waals surface area contributed by atoms with Gasteiger partial charge in [-0.25, -0.2) is 0 Å². The van der Waals surface area contributed by atoms with Gasteiger partial charge in [0.2, 0.25) is 0 Å². The van der Waals surface area contributed by atoms with Crippen molar-refractivity contribution in [2.75, 3.05) is 0 Å². The van der Waals surface area contributed by atoms with Gasteiger partial charge in [-0.2, -0.15) is 0 Å². The molecule has 0 aliphatic rings. The van der Waals surface area contributed by atoms with Crippen LogP contribution in [-0.2, 0) is 16.1 Å². The summed E-state index contributed by atoms with van der Waals surface area (Å²) >= 11 is 0. The molecule has 4 aromatic carbocycles. The highest BCUT2D eigenvalue weighted by Crippen LogP contribution is 2.35. The summed E-state index contributed by atoms with van der Waals surface area (Å²) in [5, 5.41) is 7.42. The van der Waals surface area contributed by atoms with Crippen molar-refractivity contribution in [1.82, 2.24) is 0 Å². The zero-order valence-corrected chi connectivity index (χ0v) is 10.8. The average molecular weight is 260 g/mol. The fraction of sp³-hybridized carbons (Fsp3) is 0.0556. The van der Waals surface area contributed by atoms with Gasteiger partial charge in [0.15, 0.2) is 0 Å². The topological polar surface area (TPSA) is 26.3 Å². The molecule has 0 aliphatic heterocycles. The normalized spacial score (nSPS) is 11.4. The van der Waals surface area contributed by atoms with E-state index in [1.807, 2.05) is 6.07 Å². The van der Waals surface area contributed by atoms with Gasteiger partial charge in [0.05, 0.1) is 0 Å². The summed E-state index contributed by atoms with van der Waals surface area (Å²) < 4.78 is 4.93. The lowest BCUT2D eigenvalue weighted by atomic mass is 9.92. The summed E-state index contributed by atoms with van der Waals surface area (Å²) in [5.41, 5.74) is 1.04. The summed E-state index contributed by atoms with van der Waals surface area (Å²) in [6.07, 6.45) is 0. The third-order valence-electron chi connectivity index (χ3n) is 3.93. The van der Waals surface area contributed by atoms with Gasteiger partial charge in [-0.15, -0.1) is 0 Å². The first-order valence-electron chi connectivity index (χ1n) is 6.59. The van der Waals surface area contributed by atoms with E-state index in [0.29, 0.717) is 13.1 Å². The minimum atomic E-state index is 0.317. The van der Waals surface area contributed by atoms with E-state index in [1.54, 1.807) is 0 Å². The zero-order chi connectivity index (χ0) is 13.5. The van der Waals surface area contributed by atoms with Crippen molar-refractivity contribution in [3.05, 3.63) is 60.2 Å². The molecule has 4 aromatic rings. The van der Waals surface area contributed by atoms with E-state index in [1.165, 1.54) is 26.9 Å². The van der Waals surface area contributed by atoms with Gasteiger partial charge in [0, 0.05) is 0 Å². The molecule has 0 atom stereocenters. The van der Waals surface area contributed by atoms with Crippen LogP contribution in [0.2, 0.25) is 0 Å². The van der Waals surface area contributed by atoms with Crippen molar-refractivity contribution in [3.63, 3.8) is 0 Å². The SMILES string of the molecule is O=COCc1ccc2ccc3cccc4ccc1c2c34. The van der Waals surface area contributed by atoms with Crippen molar-refractivity contribution < 1.29 is 9.53 Å². The summed E-state index contributed by atoms with van der Waals surface area (Å²) in [4.78, 5) is 10.4. The number of benzene rings is 4. The van der Waals surface area contributed by atoms with Gasteiger partial charge in [0.25, 0.3) is 6.47 Å². The first kappa shape index (κ1) is 11.2. The molecular weight excluding hydrogens is 248 g/mol. The number of carbonyl (C=O) groups is 1. The Kier molecular flexibility index (Phi) is 2.36. The summed E-state index contributed by atoms with van der Waals surface area (Å²) in [6.45, 7) is 0.815. The fourth-order valence-corrected chi connectivity index (χ4v) is 3.05. The molecule has 0 aromatic heterocycles. The monoisotopic (exact) mass is 260 g/mol. The lowest BCUT2D eigenvalue weighted by Gasteiger charge is -2.13. The van der Waals surface area contributed by atoms with Crippen molar-refractivity contribution in [3.8, 4) is 0 Å². The Morgan fingerprint density at radius 3 is 2.20 bits per heavy atom. The molecule has 0 saturated carbocycles. The van der Waals surface area contributed by atoms with Crippen LogP contribution in [-0.4, -0.2) is 6.47 Å².